The summed E-state index contributed by atoms with van der Waals surface area (Å²) in [5.41, 5.74) is 8.80. The molecule has 3 nitrogen and oxygen atoms in total. The zero-order valence-corrected chi connectivity index (χ0v) is 9.09. The summed E-state index contributed by atoms with van der Waals surface area (Å²) in [5.74, 6) is 0.164. The third kappa shape index (κ3) is 1.96. The van der Waals surface area contributed by atoms with Crippen molar-refractivity contribution in [3.05, 3.63) is 29.3 Å². The summed E-state index contributed by atoms with van der Waals surface area (Å²) in [6.07, 6.45) is 2.48. The van der Waals surface area contributed by atoms with E-state index in [0.717, 1.165) is 24.3 Å². The van der Waals surface area contributed by atoms with E-state index in [1.165, 1.54) is 18.4 Å². The van der Waals surface area contributed by atoms with Crippen LogP contribution in [-0.4, -0.2) is 18.9 Å². The Morgan fingerprint density at radius 3 is 2.60 bits per heavy atom. The molecule has 1 heterocycles. The Balaban J connectivity index is 2.41. The maximum absolute atomic E-state index is 7.56. The number of rotatable bonds is 2. The van der Waals surface area contributed by atoms with E-state index in [-0.39, 0.29) is 5.84 Å². The fraction of sp³-hybridized carbons (Fsp3) is 0.417. The molecule has 15 heavy (non-hydrogen) atoms. The lowest BCUT2D eigenvalue weighted by Crippen LogP contribution is -2.23. The molecule has 0 atom stereocenters. The fourth-order valence-electron chi connectivity index (χ4n) is 2.09. The van der Waals surface area contributed by atoms with Gasteiger partial charge in [-0.25, -0.2) is 0 Å². The average molecular weight is 203 g/mol. The van der Waals surface area contributed by atoms with E-state index in [1.54, 1.807) is 0 Å². The molecule has 0 saturated carbocycles. The minimum Gasteiger partial charge on any atom is -0.384 e. The van der Waals surface area contributed by atoms with Gasteiger partial charge in [-0.3, -0.25) is 5.41 Å². The number of hydrogen-bond acceptors (Lipinski definition) is 2. The van der Waals surface area contributed by atoms with Crippen molar-refractivity contribution in [1.82, 2.24) is 0 Å². The minimum absolute atomic E-state index is 0.164. The van der Waals surface area contributed by atoms with Crippen molar-refractivity contribution in [2.45, 2.75) is 19.8 Å². The average Bonchev–Trinajstić information content (AvgIpc) is 2.69. The van der Waals surface area contributed by atoms with Crippen molar-refractivity contribution in [2.75, 3.05) is 18.0 Å². The molecule has 1 aliphatic heterocycles. The van der Waals surface area contributed by atoms with Crippen molar-refractivity contribution in [1.29, 1.82) is 5.41 Å². The molecular weight excluding hydrogens is 186 g/mol. The lowest BCUT2D eigenvalue weighted by Gasteiger charge is -2.21. The van der Waals surface area contributed by atoms with Gasteiger partial charge in [-0.05, 0) is 37.5 Å². The van der Waals surface area contributed by atoms with Crippen LogP contribution in [0.5, 0.6) is 0 Å². The second kappa shape index (κ2) is 3.93. The van der Waals surface area contributed by atoms with Crippen LogP contribution in [0.25, 0.3) is 0 Å². The van der Waals surface area contributed by atoms with Crippen LogP contribution in [0.15, 0.2) is 18.2 Å². The summed E-state index contributed by atoms with van der Waals surface area (Å²) in [5, 5.41) is 7.56. The van der Waals surface area contributed by atoms with Crippen LogP contribution in [0.4, 0.5) is 5.69 Å². The van der Waals surface area contributed by atoms with E-state index >= 15 is 0 Å². The first-order valence-electron chi connectivity index (χ1n) is 5.38. The van der Waals surface area contributed by atoms with Gasteiger partial charge in [0.1, 0.15) is 5.84 Å². The van der Waals surface area contributed by atoms with Crippen molar-refractivity contribution < 1.29 is 0 Å². The van der Waals surface area contributed by atoms with E-state index in [4.69, 9.17) is 11.1 Å². The molecule has 0 bridgehead atoms. The largest absolute Gasteiger partial charge is 0.384 e. The molecule has 1 aliphatic rings. The lowest BCUT2D eigenvalue weighted by molar-refractivity contribution is 0.949. The first-order valence-corrected chi connectivity index (χ1v) is 5.38. The molecule has 2 rings (SSSR count). The highest BCUT2D eigenvalue weighted by molar-refractivity contribution is 6.00. The molecule has 1 aromatic carbocycles. The van der Waals surface area contributed by atoms with Gasteiger partial charge in [0.2, 0.25) is 0 Å². The van der Waals surface area contributed by atoms with Crippen LogP contribution >= 0.6 is 0 Å². The smallest absolute Gasteiger partial charge is 0.124 e. The van der Waals surface area contributed by atoms with Crippen LogP contribution in [0.1, 0.15) is 24.0 Å². The molecule has 1 saturated heterocycles. The van der Waals surface area contributed by atoms with E-state index in [1.807, 2.05) is 12.1 Å². The first-order chi connectivity index (χ1) is 7.18. The van der Waals surface area contributed by atoms with Gasteiger partial charge in [0.05, 0.1) is 0 Å². The topological polar surface area (TPSA) is 53.1 Å². The minimum atomic E-state index is 0.164. The van der Waals surface area contributed by atoms with Crippen LogP contribution in [0.3, 0.4) is 0 Å². The predicted molar refractivity (Wildman–Crippen MR) is 63.6 cm³/mol. The predicted octanol–water partition coefficient (Wildman–Crippen LogP) is 1.88. The number of nitrogens with zero attached hydrogens (tertiary/aromatic N) is 1. The highest BCUT2D eigenvalue weighted by Crippen LogP contribution is 2.25. The number of hydrogen-bond donors (Lipinski definition) is 2. The summed E-state index contributed by atoms with van der Waals surface area (Å²) >= 11 is 0. The van der Waals surface area contributed by atoms with E-state index in [9.17, 15) is 0 Å². The Kier molecular flexibility index (Phi) is 2.62. The second-order valence-electron chi connectivity index (χ2n) is 4.13. The monoisotopic (exact) mass is 203 g/mol. The number of nitrogens with one attached hydrogen (secondary N) is 1. The van der Waals surface area contributed by atoms with Gasteiger partial charge in [-0.1, -0.05) is 6.07 Å². The summed E-state index contributed by atoms with van der Waals surface area (Å²) < 4.78 is 0. The summed E-state index contributed by atoms with van der Waals surface area (Å²) in [6, 6.07) is 6.09. The molecule has 1 fully saturated rings. The van der Waals surface area contributed by atoms with Crippen molar-refractivity contribution >= 4 is 11.5 Å². The third-order valence-corrected chi connectivity index (χ3v) is 2.89. The maximum atomic E-state index is 7.56. The number of anilines is 1. The first kappa shape index (κ1) is 10.0. The molecular formula is C12H17N3. The van der Waals surface area contributed by atoms with Gasteiger partial charge in [-0.2, -0.15) is 0 Å². The molecule has 0 amide bonds. The molecule has 3 N–H and O–H groups in total. The van der Waals surface area contributed by atoms with E-state index in [0.29, 0.717) is 0 Å². The number of amidine groups is 1. The van der Waals surface area contributed by atoms with Crippen molar-refractivity contribution in [3.63, 3.8) is 0 Å². The normalized spacial score (nSPS) is 15.7. The maximum Gasteiger partial charge on any atom is 0.124 e. The van der Waals surface area contributed by atoms with Gasteiger partial charge in [0, 0.05) is 24.3 Å². The summed E-state index contributed by atoms with van der Waals surface area (Å²) in [6.45, 7) is 4.25. The zero-order valence-electron chi connectivity index (χ0n) is 9.09. The van der Waals surface area contributed by atoms with Gasteiger partial charge in [0.25, 0.3) is 0 Å². The van der Waals surface area contributed by atoms with Gasteiger partial charge in [0.15, 0.2) is 0 Å². The lowest BCUT2D eigenvalue weighted by atomic mass is 10.1. The second-order valence-corrected chi connectivity index (χ2v) is 4.13. The highest BCUT2D eigenvalue weighted by Gasteiger charge is 2.16. The van der Waals surface area contributed by atoms with Gasteiger partial charge < -0.3 is 10.6 Å². The Bertz CT molecular complexity index is 378. The number of benzene rings is 1. The van der Waals surface area contributed by atoms with Crippen LogP contribution in [0, 0.1) is 12.3 Å². The number of nitrogen functional groups attached to an aromatic ring is 1. The Labute approximate surface area is 90.4 Å². The quantitative estimate of drug-likeness (QED) is 0.569. The van der Waals surface area contributed by atoms with Crippen molar-refractivity contribution in [2.24, 2.45) is 5.73 Å². The fourth-order valence-corrected chi connectivity index (χ4v) is 2.09. The highest BCUT2D eigenvalue weighted by atomic mass is 15.1. The van der Waals surface area contributed by atoms with Gasteiger partial charge in [-0.15, -0.1) is 0 Å². The van der Waals surface area contributed by atoms with E-state index in [2.05, 4.69) is 17.9 Å². The van der Waals surface area contributed by atoms with Crippen LogP contribution in [0.2, 0.25) is 0 Å². The Hall–Kier alpha value is -1.51. The summed E-state index contributed by atoms with van der Waals surface area (Å²) in [4.78, 5) is 2.32. The van der Waals surface area contributed by atoms with E-state index < -0.39 is 0 Å². The molecule has 0 aromatic heterocycles. The van der Waals surface area contributed by atoms with Gasteiger partial charge >= 0.3 is 0 Å². The Morgan fingerprint density at radius 2 is 2.00 bits per heavy atom. The van der Waals surface area contributed by atoms with Crippen LogP contribution < -0.4 is 10.6 Å². The SMILES string of the molecule is Cc1ccc(C(=N)N)c(N2CCCC2)c1. The number of aryl methyl sites for hydroxylation is 1. The number of nitrogens with two attached hydrogens (primary N) is 1. The van der Waals surface area contributed by atoms with Crippen molar-refractivity contribution in [3.8, 4) is 0 Å². The molecule has 80 valence electrons. The zero-order chi connectivity index (χ0) is 10.8. The third-order valence-electron chi connectivity index (χ3n) is 2.89. The molecule has 1 aromatic rings. The standard InChI is InChI=1S/C12H17N3/c1-9-4-5-10(12(13)14)11(8-9)15-6-2-3-7-15/h4-5,8H,2-3,6-7H2,1H3,(H3,13,14). The van der Waals surface area contributed by atoms with Crippen LogP contribution in [-0.2, 0) is 0 Å². The molecule has 3 heteroatoms. The summed E-state index contributed by atoms with van der Waals surface area (Å²) in [7, 11) is 0. The molecule has 0 spiro atoms. The molecule has 0 aliphatic carbocycles. The molecule has 0 unspecified atom stereocenters. The Morgan fingerprint density at radius 1 is 1.33 bits per heavy atom. The molecule has 0 radical (unpaired) electrons.